The van der Waals surface area contributed by atoms with Crippen molar-refractivity contribution in [3.8, 4) is 0 Å². The standard InChI is InChI=1S/C16H24BNO/c1-4-18-9-10-19-16-8-7-15(14(3)12-17)6-5-13(2)11-16/h6-8,14,18H,4-5,9-10,12H2,1-3H3/t11?,14-/m0/s1. The molecule has 1 aliphatic carbocycles. The van der Waals surface area contributed by atoms with Crippen LogP contribution in [0.1, 0.15) is 27.2 Å². The summed E-state index contributed by atoms with van der Waals surface area (Å²) < 4.78 is 5.73. The smallest absolute Gasteiger partial charge is 0.162 e. The summed E-state index contributed by atoms with van der Waals surface area (Å²) in [6.45, 7) is 8.80. The quantitative estimate of drug-likeness (QED) is 0.430. The van der Waals surface area contributed by atoms with E-state index < -0.39 is 0 Å². The Kier molecular flexibility index (Phi) is 7.39. The summed E-state index contributed by atoms with van der Waals surface area (Å²) in [6, 6.07) is 0. The second kappa shape index (κ2) is 8.85. The molecule has 2 radical (unpaired) electrons. The highest BCUT2D eigenvalue weighted by Crippen LogP contribution is 2.20. The highest BCUT2D eigenvalue weighted by Gasteiger charge is 2.05. The van der Waals surface area contributed by atoms with Gasteiger partial charge in [-0.3, -0.25) is 0 Å². The molecule has 0 heterocycles. The van der Waals surface area contributed by atoms with Crippen molar-refractivity contribution in [2.24, 2.45) is 5.92 Å². The second-order valence-corrected chi connectivity index (χ2v) is 4.85. The van der Waals surface area contributed by atoms with E-state index in [0.717, 1.165) is 25.3 Å². The van der Waals surface area contributed by atoms with Gasteiger partial charge in [-0.1, -0.05) is 38.1 Å². The van der Waals surface area contributed by atoms with Crippen LogP contribution in [-0.2, 0) is 4.74 Å². The summed E-state index contributed by atoms with van der Waals surface area (Å²) in [4.78, 5) is 0. The van der Waals surface area contributed by atoms with Crippen molar-refractivity contribution >= 4 is 7.85 Å². The molecule has 3 heteroatoms. The van der Waals surface area contributed by atoms with Crippen molar-refractivity contribution in [3.05, 3.63) is 40.9 Å². The zero-order valence-electron chi connectivity index (χ0n) is 12.3. The van der Waals surface area contributed by atoms with E-state index in [1.165, 1.54) is 11.1 Å². The monoisotopic (exact) mass is 257 g/mol. The summed E-state index contributed by atoms with van der Waals surface area (Å²) in [6.07, 6.45) is 7.89. The normalized spacial score (nSPS) is 16.9. The van der Waals surface area contributed by atoms with Gasteiger partial charge >= 0.3 is 0 Å². The summed E-state index contributed by atoms with van der Waals surface area (Å²) in [7, 11) is 5.73. The van der Waals surface area contributed by atoms with Gasteiger partial charge < -0.3 is 10.1 Å². The van der Waals surface area contributed by atoms with Gasteiger partial charge in [-0.25, -0.2) is 0 Å². The molecule has 1 rings (SSSR count). The third-order valence-corrected chi connectivity index (χ3v) is 3.12. The first kappa shape index (κ1) is 15.9. The second-order valence-electron chi connectivity index (χ2n) is 4.85. The van der Waals surface area contributed by atoms with E-state index >= 15 is 0 Å². The fourth-order valence-electron chi connectivity index (χ4n) is 1.81. The zero-order valence-corrected chi connectivity index (χ0v) is 12.3. The molecule has 0 aromatic carbocycles. The lowest BCUT2D eigenvalue weighted by molar-refractivity contribution is 0.226. The van der Waals surface area contributed by atoms with E-state index in [9.17, 15) is 0 Å². The Morgan fingerprint density at radius 2 is 2.26 bits per heavy atom. The molecule has 0 fully saturated rings. The third-order valence-electron chi connectivity index (χ3n) is 3.12. The van der Waals surface area contributed by atoms with Crippen LogP contribution in [-0.4, -0.2) is 27.5 Å². The number of allylic oxidation sites excluding steroid dienone is 4. The van der Waals surface area contributed by atoms with Crippen LogP contribution in [0.15, 0.2) is 40.9 Å². The number of hydrogen-bond acceptors (Lipinski definition) is 2. The highest BCUT2D eigenvalue weighted by molar-refractivity contribution is 6.08. The van der Waals surface area contributed by atoms with Crippen LogP contribution in [0.5, 0.6) is 0 Å². The molecule has 0 amide bonds. The van der Waals surface area contributed by atoms with Crippen LogP contribution in [0.4, 0.5) is 0 Å². The van der Waals surface area contributed by atoms with Crippen LogP contribution in [0, 0.1) is 5.92 Å². The molecular formula is C16H24BNO. The average molecular weight is 257 g/mol. The van der Waals surface area contributed by atoms with Gasteiger partial charge in [-0.2, -0.15) is 0 Å². The summed E-state index contributed by atoms with van der Waals surface area (Å²) in [5, 5.41) is 3.24. The van der Waals surface area contributed by atoms with Gasteiger partial charge in [0.2, 0.25) is 0 Å². The minimum Gasteiger partial charge on any atom is -0.485 e. The summed E-state index contributed by atoms with van der Waals surface area (Å²) >= 11 is 0. The first-order chi connectivity index (χ1) is 9.17. The Labute approximate surface area is 118 Å². The predicted octanol–water partition coefficient (Wildman–Crippen LogP) is 3.15. The van der Waals surface area contributed by atoms with E-state index in [1.807, 2.05) is 6.08 Å². The fourth-order valence-corrected chi connectivity index (χ4v) is 1.81. The first-order valence-electron chi connectivity index (χ1n) is 7.05. The highest BCUT2D eigenvalue weighted by atomic mass is 16.5. The van der Waals surface area contributed by atoms with Crippen LogP contribution >= 0.6 is 0 Å². The van der Waals surface area contributed by atoms with Gasteiger partial charge in [-0.15, -0.1) is 0 Å². The van der Waals surface area contributed by atoms with E-state index in [4.69, 9.17) is 12.6 Å². The van der Waals surface area contributed by atoms with Gasteiger partial charge in [0.15, 0.2) is 5.76 Å². The topological polar surface area (TPSA) is 21.3 Å². The third kappa shape index (κ3) is 6.00. The molecular weight excluding hydrogens is 233 g/mol. The molecule has 0 aromatic rings. The lowest BCUT2D eigenvalue weighted by atomic mass is 9.85. The van der Waals surface area contributed by atoms with Crippen molar-refractivity contribution in [2.75, 3.05) is 19.7 Å². The number of nitrogens with one attached hydrogen (secondary N) is 1. The fraction of sp³-hybridized carbons (Fsp3) is 0.562. The molecule has 19 heavy (non-hydrogen) atoms. The molecule has 2 nitrogen and oxygen atoms in total. The van der Waals surface area contributed by atoms with E-state index in [1.54, 1.807) is 0 Å². The maximum atomic E-state index is 5.73. The Morgan fingerprint density at radius 1 is 1.47 bits per heavy atom. The molecule has 1 N–H and O–H groups in total. The van der Waals surface area contributed by atoms with E-state index in [0.29, 0.717) is 18.8 Å². The maximum absolute atomic E-state index is 5.73. The molecule has 0 saturated carbocycles. The number of hydrogen-bond donors (Lipinski definition) is 1. The minimum absolute atomic E-state index is 0.380. The zero-order chi connectivity index (χ0) is 14.1. The molecule has 102 valence electrons. The molecule has 1 aliphatic rings. The molecule has 0 unspecified atom stereocenters. The Hall–Kier alpha value is -1.18. The van der Waals surface area contributed by atoms with Gasteiger partial charge in [0.1, 0.15) is 6.61 Å². The van der Waals surface area contributed by atoms with Crippen LogP contribution in [0.3, 0.4) is 0 Å². The van der Waals surface area contributed by atoms with E-state index in [-0.39, 0.29) is 0 Å². The average Bonchev–Trinajstić information content (AvgIpc) is 2.39. The van der Waals surface area contributed by atoms with Crippen LogP contribution in [0.25, 0.3) is 0 Å². The predicted molar refractivity (Wildman–Crippen MR) is 82.3 cm³/mol. The largest absolute Gasteiger partial charge is 0.485 e. The van der Waals surface area contributed by atoms with Crippen molar-refractivity contribution < 1.29 is 4.74 Å². The molecule has 0 spiro atoms. The lowest BCUT2D eigenvalue weighted by Crippen LogP contribution is -2.18. The minimum atomic E-state index is 0.380. The molecule has 0 aliphatic heterocycles. The Morgan fingerprint density at radius 3 is 2.95 bits per heavy atom. The van der Waals surface area contributed by atoms with Crippen molar-refractivity contribution in [1.82, 2.24) is 5.32 Å². The van der Waals surface area contributed by atoms with Crippen LogP contribution in [0.2, 0.25) is 6.32 Å². The lowest BCUT2D eigenvalue weighted by Gasteiger charge is -2.13. The van der Waals surface area contributed by atoms with Gasteiger partial charge in [0.25, 0.3) is 0 Å². The Bertz CT molecular complexity index is 403. The van der Waals surface area contributed by atoms with Crippen LogP contribution < -0.4 is 5.32 Å². The number of rotatable bonds is 7. The molecule has 0 bridgehead atoms. The number of likely N-dealkylation sites (N-methyl/N-ethyl adjacent to an activating group) is 1. The van der Waals surface area contributed by atoms with E-state index in [2.05, 4.69) is 44.0 Å². The van der Waals surface area contributed by atoms with Crippen molar-refractivity contribution in [2.45, 2.75) is 33.5 Å². The maximum Gasteiger partial charge on any atom is 0.162 e. The van der Waals surface area contributed by atoms with Gasteiger partial charge in [-0.05, 0) is 43.0 Å². The summed E-state index contributed by atoms with van der Waals surface area (Å²) in [5.74, 6) is 1.19. The Balaban J connectivity index is 2.68. The van der Waals surface area contributed by atoms with Crippen molar-refractivity contribution in [3.63, 3.8) is 0 Å². The first-order valence-corrected chi connectivity index (χ1v) is 7.05. The summed E-state index contributed by atoms with van der Waals surface area (Å²) in [5.41, 5.74) is 5.75. The number of ether oxygens (including phenoxy) is 1. The molecule has 0 saturated heterocycles. The molecule has 0 aromatic heterocycles. The van der Waals surface area contributed by atoms with Gasteiger partial charge in [0, 0.05) is 6.54 Å². The van der Waals surface area contributed by atoms with Crippen molar-refractivity contribution in [1.29, 1.82) is 0 Å². The SMILES string of the molecule is [B]C[C@H](C)C1=CCC(C)=C=C(OCCNCC)C=C1. The molecule has 1 atom stereocenters. The van der Waals surface area contributed by atoms with Gasteiger partial charge in [0.05, 0.1) is 7.85 Å².